The normalized spacial score (nSPS) is 16.8. The van der Waals surface area contributed by atoms with Gasteiger partial charge in [0.2, 0.25) is 0 Å². The highest BCUT2D eigenvalue weighted by Crippen LogP contribution is 2.29. The number of amidine groups is 1. The van der Waals surface area contributed by atoms with Crippen LogP contribution in [0.2, 0.25) is 5.02 Å². The molecule has 0 unspecified atom stereocenters. The summed E-state index contributed by atoms with van der Waals surface area (Å²) in [6.07, 6.45) is 0. The molecule has 0 spiro atoms. The van der Waals surface area contributed by atoms with Gasteiger partial charge in [-0.25, -0.2) is 13.4 Å². The molecule has 0 bridgehead atoms. The Hall–Kier alpha value is -0.780. The highest BCUT2D eigenvalue weighted by atomic mass is 35.5. The lowest BCUT2D eigenvalue weighted by molar-refractivity contribution is 0.591. The lowest BCUT2D eigenvalue weighted by Gasteiger charge is -2.15. The van der Waals surface area contributed by atoms with Crippen LogP contribution in [0.5, 0.6) is 0 Å². The fraction of sp³-hybridized carbons (Fsp3) is 0.125. The first-order chi connectivity index (χ1) is 6.49. The maximum Gasteiger partial charge on any atom is 0.265 e. The minimum Gasteiger partial charge on any atom is -0.267 e. The van der Waals surface area contributed by atoms with Gasteiger partial charge in [0.15, 0.2) is 0 Å². The van der Waals surface area contributed by atoms with Crippen molar-refractivity contribution in [2.24, 2.45) is 4.99 Å². The minimum atomic E-state index is -3.48. The number of hydrogen-bond donors (Lipinski definition) is 1. The number of rotatable bonds is 0. The quantitative estimate of drug-likeness (QED) is 0.782. The zero-order chi connectivity index (χ0) is 10.3. The summed E-state index contributed by atoms with van der Waals surface area (Å²) in [4.78, 5) is 4.17. The molecule has 1 heterocycles. The van der Waals surface area contributed by atoms with Crippen LogP contribution in [0.3, 0.4) is 0 Å². The van der Waals surface area contributed by atoms with Crippen LogP contribution in [0.4, 0.5) is 5.69 Å². The lowest BCUT2D eigenvalue weighted by atomic mass is 10.3. The van der Waals surface area contributed by atoms with Crippen LogP contribution in [0.25, 0.3) is 0 Å². The standard InChI is InChI=1S/C8H7ClN2O2S.ClH/c1-5-10-7-3-2-6(9)4-8(7)14(12,13)11-5;/h2-4H,1H3,(H,10,11);1H. The second-order valence-corrected chi connectivity index (χ2v) is 5.00. The van der Waals surface area contributed by atoms with Gasteiger partial charge < -0.3 is 0 Å². The number of benzene rings is 1. The third kappa shape index (κ3) is 2.25. The number of hydrogen-bond acceptors (Lipinski definition) is 3. The highest BCUT2D eigenvalue weighted by Gasteiger charge is 2.23. The van der Waals surface area contributed by atoms with Crippen molar-refractivity contribution >= 4 is 45.6 Å². The first kappa shape index (κ1) is 12.3. The smallest absolute Gasteiger partial charge is 0.265 e. The van der Waals surface area contributed by atoms with E-state index >= 15 is 0 Å². The maximum atomic E-state index is 11.6. The molecule has 2 rings (SSSR count). The summed E-state index contributed by atoms with van der Waals surface area (Å²) < 4.78 is 25.5. The number of aliphatic imine (C=N–C) groups is 1. The SMILES string of the molecule is CC1=Nc2ccc(Cl)cc2S(=O)(=O)N1.Cl. The zero-order valence-corrected chi connectivity index (χ0v) is 10.1. The van der Waals surface area contributed by atoms with E-state index in [0.29, 0.717) is 16.5 Å². The average Bonchev–Trinajstić information content (AvgIpc) is 2.05. The molecule has 0 fully saturated rings. The van der Waals surface area contributed by atoms with Crippen LogP contribution in [0.15, 0.2) is 28.1 Å². The summed E-state index contributed by atoms with van der Waals surface area (Å²) in [6.45, 7) is 1.59. The van der Waals surface area contributed by atoms with Crippen molar-refractivity contribution in [2.75, 3.05) is 0 Å². The summed E-state index contributed by atoms with van der Waals surface area (Å²) in [5.74, 6) is 0.361. The lowest BCUT2D eigenvalue weighted by Crippen LogP contribution is -2.31. The van der Waals surface area contributed by atoms with E-state index in [9.17, 15) is 8.42 Å². The molecular weight excluding hydrogens is 259 g/mol. The first-order valence-electron chi connectivity index (χ1n) is 3.87. The number of halogens is 2. The van der Waals surface area contributed by atoms with Gasteiger partial charge in [-0.1, -0.05) is 11.6 Å². The van der Waals surface area contributed by atoms with Gasteiger partial charge in [0.05, 0.1) is 5.69 Å². The highest BCUT2D eigenvalue weighted by molar-refractivity contribution is 7.90. The maximum absolute atomic E-state index is 11.6. The van der Waals surface area contributed by atoms with Gasteiger partial charge in [-0.3, -0.25) is 4.72 Å². The monoisotopic (exact) mass is 266 g/mol. The fourth-order valence-electron chi connectivity index (χ4n) is 1.25. The number of sulfonamides is 1. The molecule has 1 aromatic rings. The Balaban J connectivity index is 0.00000112. The third-order valence-electron chi connectivity index (χ3n) is 1.78. The number of nitrogens with zero attached hydrogens (tertiary/aromatic N) is 1. The molecule has 0 saturated carbocycles. The second kappa shape index (κ2) is 4.00. The summed E-state index contributed by atoms with van der Waals surface area (Å²) in [5, 5.41) is 0.379. The van der Waals surface area contributed by atoms with E-state index in [4.69, 9.17) is 11.6 Å². The predicted octanol–water partition coefficient (Wildman–Crippen LogP) is 2.10. The minimum absolute atomic E-state index is 0. The average molecular weight is 267 g/mol. The molecule has 1 N–H and O–H groups in total. The van der Waals surface area contributed by atoms with E-state index in [1.165, 1.54) is 6.07 Å². The molecule has 0 aromatic heterocycles. The predicted molar refractivity (Wildman–Crippen MR) is 61.8 cm³/mol. The van der Waals surface area contributed by atoms with Crippen LogP contribution in [0.1, 0.15) is 6.92 Å². The van der Waals surface area contributed by atoms with E-state index in [1.807, 2.05) is 0 Å². The summed E-state index contributed by atoms with van der Waals surface area (Å²) in [5.41, 5.74) is 0.422. The van der Waals surface area contributed by atoms with Gasteiger partial charge in [0.25, 0.3) is 10.0 Å². The molecule has 0 radical (unpaired) electrons. The molecule has 0 amide bonds. The van der Waals surface area contributed by atoms with Crippen molar-refractivity contribution in [3.8, 4) is 0 Å². The Bertz CT molecular complexity index is 525. The van der Waals surface area contributed by atoms with Crippen LogP contribution in [-0.4, -0.2) is 14.3 Å². The van der Waals surface area contributed by atoms with E-state index in [-0.39, 0.29) is 17.3 Å². The largest absolute Gasteiger partial charge is 0.267 e. The molecule has 82 valence electrons. The van der Waals surface area contributed by atoms with E-state index < -0.39 is 10.0 Å². The van der Waals surface area contributed by atoms with Crippen molar-refractivity contribution in [3.63, 3.8) is 0 Å². The van der Waals surface area contributed by atoms with Crippen molar-refractivity contribution < 1.29 is 8.42 Å². The van der Waals surface area contributed by atoms with Gasteiger partial charge in [-0.05, 0) is 25.1 Å². The summed E-state index contributed by atoms with van der Waals surface area (Å²) >= 11 is 5.70. The molecule has 1 aliphatic rings. The Morgan fingerprint density at radius 3 is 2.73 bits per heavy atom. The second-order valence-electron chi connectivity index (χ2n) is 2.91. The van der Waals surface area contributed by atoms with Gasteiger partial charge >= 0.3 is 0 Å². The van der Waals surface area contributed by atoms with E-state index in [2.05, 4.69) is 9.71 Å². The van der Waals surface area contributed by atoms with Crippen molar-refractivity contribution in [1.82, 2.24) is 4.72 Å². The van der Waals surface area contributed by atoms with Gasteiger partial charge in [-0.2, -0.15) is 0 Å². The van der Waals surface area contributed by atoms with Crippen molar-refractivity contribution in [2.45, 2.75) is 11.8 Å². The van der Waals surface area contributed by atoms with E-state index in [0.717, 1.165) is 0 Å². The molecule has 4 nitrogen and oxygen atoms in total. The molecule has 0 aliphatic carbocycles. The van der Waals surface area contributed by atoms with Crippen LogP contribution < -0.4 is 4.72 Å². The Morgan fingerprint density at radius 2 is 2.07 bits per heavy atom. The summed E-state index contributed by atoms with van der Waals surface area (Å²) in [7, 11) is -3.48. The molecular formula is C8H8Cl2N2O2S. The number of fused-ring (bicyclic) bond motifs is 1. The van der Waals surface area contributed by atoms with E-state index in [1.54, 1.807) is 19.1 Å². The van der Waals surface area contributed by atoms with Gasteiger partial charge in [0, 0.05) is 5.02 Å². The first-order valence-corrected chi connectivity index (χ1v) is 5.73. The Kier molecular flexibility index (Phi) is 3.28. The fourth-order valence-corrected chi connectivity index (χ4v) is 2.70. The molecule has 0 saturated heterocycles. The van der Waals surface area contributed by atoms with Crippen molar-refractivity contribution in [3.05, 3.63) is 23.2 Å². The molecule has 7 heteroatoms. The molecule has 0 atom stereocenters. The topological polar surface area (TPSA) is 58.5 Å². The number of nitrogens with one attached hydrogen (secondary N) is 1. The Morgan fingerprint density at radius 1 is 1.40 bits per heavy atom. The zero-order valence-electron chi connectivity index (χ0n) is 7.69. The van der Waals surface area contributed by atoms with Crippen LogP contribution in [-0.2, 0) is 10.0 Å². The van der Waals surface area contributed by atoms with Crippen LogP contribution in [0, 0.1) is 0 Å². The van der Waals surface area contributed by atoms with Gasteiger partial charge in [0.1, 0.15) is 10.7 Å². The van der Waals surface area contributed by atoms with Crippen LogP contribution >= 0.6 is 24.0 Å². The van der Waals surface area contributed by atoms with Crippen molar-refractivity contribution in [1.29, 1.82) is 0 Å². The molecule has 1 aromatic carbocycles. The third-order valence-corrected chi connectivity index (χ3v) is 3.49. The van der Waals surface area contributed by atoms with Gasteiger partial charge in [-0.15, -0.1) is 12.4 Å². The summed E-state index contributed by atoms with van der Waals surface area (Å²) in [6, 6.07) is 4.58. The molecule has 15 heavy (non-hydrogen) atoms. The molecule has 1 aliphatic heterocycles. The Labute approximate surface area is 98.8 Å².